The van der Waals surface area contributed by atoms with Crippen LogP contribution in [0.5, 0.6) is 0 Å². The number of halogens is 1. The van der Waals surface area contributed by atoms with Crippen LogP contribution in [0, 0.1) is 6.92 Å². The van der Waals surface area contributed by atoms with Gasteiger partial charge in [-0.15, -0.1) is 0 Å². The van der Waals surface area contributed by atoms with Gasteiger partial charge in [-0.05, 0) is 48.6 Å². The van der Waals surface area contributed by atoms with Crippen LogP contribution in [0.15, 0.2) is 41.1 Å². The molecule has 0 aliphatic heterocycles. The zero-order chi connectivity index (χ0) is 14.7. The summed E-state index contributed by atoms with van der Waals surface area (Å²) >= 11 is 3.49. The Morgan fingerprint density at radius 3 is 2.70 bits per heavy atom. The fourth-order valence-corrected chi connectivity index (χ4v) is 2.85. The number of benzene rings is 1. The van der Waals surface area contributed by atoms with Crippen LogP contribution in [-0.2, 0) is 0 Å². The van der Waals surface area contributed by atoms with Gasteiger partial charge in [0, 0.05) is 28.0 Å². The van der Waals surface area contributed by atoms with Gasteiger partial charge in [0.15, 0.2) is 5.78 Å². The molecule has 1 aromatic heterocycles. The maximum absolute atomic E-state index is 12.8. The zero-order valence-electron chi connectivity index (χ0n) is 12.0. The van der Waals surface area contributed by atoms with Gasteiger partial charge in [0.05, 0.1) is 0 Å². The Bertz CT molecular complexity index is 637. The Morgan fingerprint density at radius 2 is 2.05 bits per heavy atom. The Balaban J connectivity index is 2.48. The van der Waals surface area contributed by atoms with Gasteiger partial charge in [-0.3, -0.25) is 9.78 Å². The highest BCUT2D eigenvalue weighted by atomic mass is 79.9. The molecule has 0 aliphatic carbocycles. The van der Waals surface area contributed by atoms with E-state index in [0.717, 1.165) is 27.6 Å². The first kappa shape index (κ1) is 14.9. The second kappa shape index (κ2) is 6.31. The minimum absolute atomic E-state index is 0.0505. The lowest BCUT2D eigenvalue weighted by Gasteiger charge is -2.14. The minimum Gasteiger partial charge on any atom is -0.289 e. The van der Waals surface area contributed by atoms with Crippen molar-refractivity contribution in [3.05, 3.63) is 63.4 Å². The van der Waals surface area contributed by atoms with E-state index in [9.17, 15) is 4.79 Å². The van der Waals surface area contributed by atoms with Crippen LogP contribution in [0.25, 0.3) is 0 Å². The third-order valence-corrected chi connectivity index (χ3v) is 4.27. The number of nitrogens with zero attached hydrogens (tertiary/aromatic N) is 1. The van der Waals surface area contributed by atoms with Crippen LogP contribution in [0.2, 0.25) is 0 Å². The number of hydrogen-bond donors (Lipinski definition) is 0. The van der Waals surface area contributed by atoms with Crippen molar-refractivity contribution in [2.75, 3.05) is 0 Å². The maximum Gasteiger partial charge on any atom is 0.194 e. The molecule has 3 heteroatoms. The summed E-state index contributed by atoms with van der Waals surface area (Å²) in [5.41, 5.74) is 3.60. The number of aromatic nitrogens is 1. The van der Waals surface area contributed by atoms with Gasteiger partial charge < -0.3 is 0 Å². The molecular formula is C17H18BrNO. The first-order chi connectivity index (χ1) is 9.54. The molecule has 2 rings (SSSR count). The van der Waals surface area contributed by atoms with Gasteiger partial charge in [-0.1, -0.05) is 35.8 Å². The number of hydrogen-bond acceptors (Lipinski definition) is 2. The Morgan fingerprint density at radius 1 is 1.30 bits per heavy atom. The van der Waals surface area contributed by atoms with E-state index in [1.807, 2.05) is 37.4 Å². The predicted octanol–water partition coefficient (Wildman–Crippen LogP) is 4.90. The molecule has 0 radical (unpaired) electrons. The number of ketones is 1. The summed E-state index contributed by atoms with van der Waals surface area (Å²) in [6, 6.07) is 7.62. The molecule has 0 saturated carbocycles. The van der Waals surface area contributed by atoms with Gasteiger partial charge in [0.2, 0.25) is 0 Å². The molecule has 1 heterocycles. The summed E-state index contributed by atoms with van der Waals surface area (Å²) in [7, 11) is 0. The average molecular weight is 332 g/mol. The van der Waals surface area contributed by atoms with Crippen molar-refractivity contribution in [2.45, 2.75) is 33.1 Å². The molecule has 1 aromatic carbocycles. The standard InChI is InChI=1S/C17H18BrNO/c1-4-12(3)15-10-19-8-7-13(15)17(20)14-6-5-11(2)9-16(14)18/h5-10,12H,4H2,1-3H3. The second-order valence-electron chi connectivity index (χ2n) is 5.08. The van der Waals surface area contributed by atoms with Crippen LogP contribution in [0.1, 0.15) is 53.2 Å². The first-order valence-corrected chi connectivity index (χ1v) is 7.58. The highest BCUT2D eigenvalue weighted by molar-refractivity contribution is 9.10. The van der Waals surface area contributed by atoms with E-state index in [2.05, 4.69) is 34.8 Å². The number of rotatable bonds is 4. The Kier molecular flexibility index (Phi) is 4.71. The van der Waals surface area contributed by atoms with Crippen LogP contribution < -0.4 is 0 Å². The topological polar surface area (TPSA) is 30.0 Å². The molecule has 0 bridgehead atoms. The van der Waals surface area contributed by atoms with E-state index in [0.29, 0.717) is 11.5 Å². The number of carbonyl (C=O) groups excluding carboxylic acids is 1. The summed E-state index contributed by atoms with van der Waals surface area (Å²) in [4.78, 5) is 16.9. The fourth-order valence-electron chi connectivity index (χ4n) is 2.18. The van der Waals surface area contributed by atoms with E-state index < -0.39 is 0 Å². The first-order valence-electron chi connectivity index (χ1n) is 6.79. The van der Waals surface area contributed by atoms with Crippen molar-refractivity contribution < 1.29 is 4.79 Å². The van der Waals surface area contributed by atoms with Crippen molar-refractivity contribution in [3.63, 3.8) is 0 Å². The largest absolute Gasteiger partial charge is 0.289 e. The molecule has 0 saturated heterocycles. The normalized spacial score (nSPS) is 12.2. The van der Waals surface area contributed by atoms with E-state index in [1.54, 1.807) is 6.20 Å². The lowest BCUT2D eigenvalue weighted by atomic mass is 9.91. The van der Waals surface area contributed by atoms with Crippen LogP contribution in [0.3, 0.4) is 0 Å². The molecule has 0 aliphatic rings. The average Bonchev–Trinajstić information content (AvgIpc) is 2.46. The molecule has 104 valence electrons. The van der Waals surface area contributed by atoms with Crippen molar-refractivity contribution in [3.8, 4) is 0 Å². The second-order valence-corrected chi connectivity index (χ2v) is 5.94. The van der Waals surface area contributed by atoms with E-state index in [4.69, 9.17) is 0 Å². The van der Waals surface area contributed by atoms with Gasteiger partial charge in [0.25, 0.3) is 0 Å². The molecule has 20 heavy (non-hydrogen) atoms. The molecule has 0 spiro atoms. The molecule has 0 fully saturated rings. The minimum atomic E-state index is 0.0505. The zero-order valence-corrected chi connectivity index (χ0v) is 13.6. The summed E-state index contributed by atoms with van der Waals surface area (Å²) < 4.78 is 0.842. The third kappa shape index (κ3) is 2.98. The van der Waals surface area contributed by atoms with Gasteiger partial charge >= 0.3 is 0 Å². The number of pyridine rings is 1. The summed E-state index contributed by atoms with van der Waals surface area (Å²) in [5, 5.41) is 0. The van der Waals surface area contributed by atoms with Crippen LogP contribution in [-0.4, -0.2) is 10.8 Å². The molecule has 2 nitrogen and oxygen atoms in total. The van der Waals surface area contributed by atoms with Gasteiger partial charge in [0.1, 0.15) is 0 Å². The molecule has 0 amide bonds. The monoisotopic (exact) mass is 331 g/mol. The van der Waals surface area contributed by atoms with Gasteiger partial charge in [-0.25, -0.2) is 0 Å². The highest BCUT2D eigenvalue weighted by Gasteiger charge is 2.18. The lowest BCUT2D eigenvalue weighted by Crippen LogP contribution is -2.08. The van der Waals surface area contributed by atoms with Crippen molar-refractivity contribution >= 4 is 21.7 Å². The predicted molar refractivity (Wildman–Crippen MR) is 85.3 cm³/mol. The smallest absolute Gasteiger partial charge is 0.194 e. The van der Waals surface area contributed by atoms with E-state index >= 15 is 0 Å². The number of carbonyl (C=O) groups is 1. The van der Waals surface area contributed by atoms with E-state index in [-0.39, 0.29) is 5.78 Å². The Labute approximate surface area is 128 Å². The van der Waals surface area contributed by atoms with Crippen molar-refractivity contribution in [1.29, 1.82) is 0 Å². The molecular weight excluding hydrogens is 314 g/mol. The molecule has 1 unspecified atom stereocenters. The quantitative estimate of drug-likeness (QED) is 0.746. The maximum atomic E-state index is 12.8. The third-order valence-electron chi connectivity index (χ3n) is 3.61. The molecule has 0 N–H and O–H groups in total. The SMILES string of the molecule is CCC(C)c1cnccc1C(=O)c1ccc(C)cc1Br. The molecule has 1 atom stereocenters. The van der Waals surface area contributed by atoms with Crippen LogP contribution in [0.4, 0.5) is 0 Å². The summed E-state index contributed by atoms with van der Waals surface area (Å²) in [6.45, 7) is 6.25. The summed E-state index contributed by atoms with van der Waals surface area (Å²) in [5.74, 6) is 0.376. The number of aryl methyl sites for hydroxylation is 1. The van der Waals surface area contributed by atoms with Crippen molar-refractivity contribution in [2.24, 2.45) is 0 Å². The lowest BCUT2D eigenvalue weighted by molar-refractivity contribution is 0.103. The summed E-state index contributed by atoms with van der Waals surface area (Å²) in [6.07, 6.45) is 4.48. The molecule has 2 aromatic rings. The fraction of sp³-hybridized carbons (Fsp3) is 0.294. The Hall–Kier alpha value is -1.48. The van der Waals surface area contributed by atoms with E-state index in [1.165, 1.54) is 0 Å². The van der Waals surface area contributed by atoms with Gasteiger partial charge in [-0.2, -0.15) is 0 Å². The van der Waals surface area contributed by atoms with Crippen LogP contribution >= 0.6 is 15.9 Å². The van der Waals surface area contributed by atoms with Crippen molar-refractivity contribution in [1.82, 2.24) is 4.98 Å². The highest BCUT2D eigenvalue weighted by Crippen LogP contribution is 2.27.